The Morgan fingerprint density at radius 1 is 1.00 bits per heavy atom. The van der Waals surface area contributed by atoms with Crippen LogP contribution in [0.1, 0.15) is 40.4 Å². The van der Waals surface area contributed by atoms with Gasteiger partial charge in [-0.3, -0.25) is 9.78 Å². The van der Waals surface area contributed by atoms with Gasteiger partial charge in [0.2, 0.25) is 0 Å². The molecule has 19 heteroatoms. The molecule has 1 atom stereocenters. The second kappa shape index (κ2) is 17.7. The number of halogens is 4. The maximum atomic E-state index is 14.1. The van der Waals surface area contributed by atoms with E-state index in [1.165, 1.54) is 26.7 Å². The summed E-state index contributed by atoms with van der Waals surface area (Å²) in [5.41, 5.74) is 4.49. The zero-order chi connectivity index (χ0) is 40.9. The molecule has 15 nitrogen and oxygen atoms in total. The molecule has 0 spiro atoms. The van der Waals surface area contributed by atoms with Gasteiger partial charge in [0.15, 0.2) is 11.9 Å². The Hall–Kier alpha value is -5.62. The van der Waals surface area contributed by atoms with Crippen molar-refractivity contribution >= 4 is 41.1 Å². The van der Waals surface area contributed by atoms with E-state index in [-0.39, 0.29) is 55.1 Å². The monoisotopic (exact) mass is 813 g/mol. The number of carbonyl (C=O) groups excluding carboxylic acids is 3. The number of aromatic amines is 1. The number of piperidine rings is 1. The van der Waals surface area contributed by atoms with E-state index >= 15 is 0 Å². The molecule has 2 aliphatic heterocycles. The van der Waals surface area contributed by atoms with Crippen LogP contribution in [0.25, 0.3) is 11.4 Å². The summed E-state index contributed by atoms with van der Waals surface area (Å²) < 4.78 is 54.0. The van der Waals surface area contributed by atoms with Crippen LogP contribution in [-0.2, 0) is 26.9 Å². The van der Waals surface area contributed by atoms with Crippen LogP contribution in [0.3, 0.4) is 0 Å². The summed E-state index contributed by atoms with van der Waals surface area (Å²) in [6, 6.07) is 14.2. The Morgan fingerprint density at radius 2 is 1.70 bits per heavy atom. The van der Waals surface area contributed by atoms with Crippen molar-refractivity contribution in [3.05, 3.63) is 93.0 Å². The second-order valence-electron chi connectivity index (χ2n) is 14.1. The molecule has 0 aliphatic carbocycles. The highest BCUT2D eigenvalue weighted by molar-refractivity contribution is 6.33. The van der Waals surface area contributed by atoms with Crippen molar-refractivity contribution in [1.29, 1.82) is 0 Å². The second-order valence-corrected chi connectivity index (χ2v) is 14.5. The summed E-state index contributed by atoms with van der Waals surface area (Å²) in [6.07, 6.45) is -5.40. The number of likely N-dealkylation sites (tertiary alicyclic amines) is 1. The molecule has 0 unspecified atom stereocenters. The molecule has 2 saturated heterocycles. The van der Waals surface area contributed by atoms with Crippen LogP contribution in [0.4, 0.5) is 29.5 Å². The molecule has 4 aromatic rings. The molecule has 0 bridgehead atoms. The van der Waals surface area contributed by atoms with Crippen molar-refractivity contribution in [2.75, 3.05) is 77.1 Å². The van der Waals surface area contributed by atoms with E-state index < -0.39 is 47.9 Å². The van der Waals surface area contributed by atoms with E-state index in [1.807, 2.05) is 54.2 Å². The van der Waals surface area contributed by atoms with Crippen molar-refractivity contribution in [3.63, 3.8) is 0 Å². The molecule has 2 aliphatic rings. The average molecular weight is 814 g/mol. The molecule has 2 fully saturated rings. The van der Waals surface area contributed by atoms with Gasteiger partial charge in [0.1, 0.15) is 12.4 Å². The Bertz CT molecular complexity index is 2100. The molecule has 2 aromatic carbocycles. The highest BCUT2D eigenvalue weighted by atomic mass is 35.5. The molecule has 2 amide bonds. The van der Waals surface area contributed by atoms with Crippen molar-refractivity contribution < 1.29 is 37.0 Å². The number of piperazine rings is 1. The van der Waals surface area contributed by atoms with Crippen molar-refractivity contribution in [3.8, 4) is 11.4 Å². The SMILES string of the molecule is CN(C)CCOC(=O)c1ccc(N2CCN(C(=O)[C@@H](Cc3cc(Cl)c(N)c(C(F)(F)F)c3)OC(=O)N3CCC(n4nc(-c5ccccc5)[nH]c4=O)CC3)CC2)nc1. The summed E-state index contributed by atoms with van der Waals surface area (Å²) in [6.45, 7) is 2.21. The third-order valence-electron chi connectivity index (χ3n) is 9.86. The van der Waals surface area contributed by atoms with Crippen LogP contribution >= 0.6 is 11.6 Å². The number of H-pyrrole nitrogens is 1. The first-order valence-electron chi connectivity index (χ1n) is 18.3. The van der Waals surface area contributed by atoms with Gasteiger partial charge >= 0.3 is 23.9 Å². The van der Waals surface area contributed by atoms with Gasteiger partial charge in [-0.25, -0.2) is 24.0 Å². The lowest BCUT2D eigenvalue weighted by Crippen LogP contribution is -2.53. The van der Waals surface area contributed by atoms with E-state index in [4.69, 9.17) is 26.8 Å². The number of nitrogens with zero attached hydrogens (tertiary/aromatic N) is 7. The number of nitrogens with two attached hydrogens (primary N) is 1. The number of rotatable bonds is 11. The molecule has 0 radical (unpaired) electrons. The normalized spacial score (nSPS) is 15.8. The number of nitrogens with one attached hydrogen (secondary N) is 1. The first kappa shape index (κ1) is 41.0. The van der Waals surface area contributed by atoms with E-state index in [1.54, 1.807) is 12.1 Å². The minimum atomic E-state index is -4.82. The van der Waals surface area contributed by atoms with Gasteiger partial charge in [-0.15, -0.1) is 5.10 Å². The first-order chi connectivity index (χ1) is 27.2. The van der Waals surface area contributed by atoms with E-state index in [9.17, 15) is 32.3 Å². The minimum Gasteiger partial charge on any atom is -0.461 e. The number of esters is 1. The summed E-state index contributed by atoms with van der Waals surface area (Å²) in [5, 5.41) is 4.12. The van der Waals surface area contributed by atoms with Crippen molar-refractivity contribution in [2.24, 2.45) is 0 Å². The smallest absolute Gasteiger partial charge is 0.418 e. The quantitative estimate of drug-likeness (QED) is 0.163. The molecule has 2 aromatic heterocycles. The third kappa shape index (κ3) is 10.0. The lowest BCUT2D eigenvalue weighted by molar-refractivity contribution is -0.141. The number of likely N-dealkylation sites (N-methyl/N-ethyl adjacent to an activating group) is 1. The number of hydrogen-bond acceptors (Lipinski definition) is 11. The van der Waals surface area contributed by atoms with Gasteiger partial charge in [-0.1, -0.05) is 41.9 Å². The highest BCUT2D eigenvalue weighted by Crippen LogP contribution is 2.38. The van der Waals surface area contributed by atoms with Gasteiger partial charge in [-0.05, 0) is 56.8 Å². The van der Waals surface area contributed by atoms with Crippen LogP contribution in [0.15, 0.2) is 65.6 Å². The van der Waals surface area contributed by atoms with Crippen molar-refractivity contribution in [2.45, 2.75) is 37.6 Å². The Kier molecular flexibility index (Phi) is 12.7. The Morgan fingerprint density at radius 3 is 2.33 bits per heavy atom. The summed E-state index contributed by atoms with van der Waals surface area (Å²) >= 11 is 6.10. The van der Waals surface area contributed by atoms with Gasteiger partial charge < -0.3 is 34.8 Å². The number of anilines is 2. The predicted molar refractivity (Wildman–Crippen MR) is 205 cm³/mol. The van der Waals surface area contributed by atoms with E-state index in [2.05, 4.69) is 15.1 Å². The molecule has 4 heterocycles. The molecule has 6 rings (SSSR count). The Labute approximate surface area is 331 Å². The topological polar surface area (TPSA) is 172 Å². The van der Waals surface area contributed by atoms with Crippen LogP contribution in [0.5, 0.6) is 0 Å². The molecular weight excluding hydrogens is 771 g/mol. The van der Waals surface area contributed by atoms with Crippen molar-refractivity contribution in [1.82, 2.24) is 34.4 Å². The number of pyridine rings is 1. The van der Waals surface area contributed by atoms with Crippen LogP contribution in [-0.4, -0.2) is 125 Å². The molecular formula is C38H43ClF3N9O6. The summed E-state index contributed by atoms with van der Waals surface area (Å²) in [5.74, 6) is -0.0994. The standard InChI is InChI=1S/C38H43ClF3N9O6/c1-47(2)18-19-56-35(53)26-8-9-31(44-23-26)48-14-16-49(17-15-48)34(52)30(22-24-20-28(38(40,41)42)32(43)29(39)21-24)57-37(55)50-12-10-27(11-13-50)51-36(54)45-33(46-51)25-6-4-3-5-7-25/h3-9,20-21,23,27,30H,10-19,22,43H2,1-2H3,(H,45,46,54)/t30-/m1/s1. The lowest BCUT2D eigenvalue weighted by atomic mass is 10.0. The molecule has 304 valence electrons. The number of nitrogen functional groups attached to an aromatic ring is 1. The summed E-state index contributed by atoms with van der Waals surface area (Å²) in [4.78, 5) is 66.7. The molecule has 0 saturated carbocycles. The molecule has 57 heavy (non-hydrogen) atoms. The number of benzene rings is 2. The van der Waals surface area contributed by atoms with Gasteiger partial charge in [0.05, 0.1) is 27.9 Å². The zero-order valence-corrected chi connectivity index (χ0v) is 32.1. The van der Waals surface area contributed by atoms with Gasteiger partial charge in [-0.2, -0.15) is 13.2 Å². The van der Waals surface area contributed by atoms with Gasteiger partial charge in [0, 0.05) is 64.0 Å². The van der Waals surface area contributed by atoms with E-state index in [0.717, 1.165) is 11.6 Å². The van der Waals surface area contributed by atoms with Crippen LogP contribution in [0, 0.1) is 0 Å². The largest absolute Gasteiger partial charge is 0.461 e. The highest BCUT2D eigenvalue weighted by Gasteiger charge is 2.37. The number of hydrogen-bond donors (Lipinski definition) is 2. The predicted octanol–water partition coefficient (Wildman–Crippen LogP) is 4.34. The third-order valence-corrected chi connectivity index (χ3v) is 10.2. The molecule has 3 N–H and O–H groups in total. The van der Waals surface area contributed by atoms with Gasteiger partial charge in [0.25, 0.3) is 5.91 Å². The fourth-order valence-electron chi connectivity index (χ4n) is 6.68. The average Bonchev–Trinajstić information content (AvgIpc) is 3.59. The maximum absolute atomic E-state index is 14.1. The minimum absolute atomic E-state index is 0.00155. The zero-order valence-electron chi connectivity index (χ0n) is 31.4. The maximum Gasteiger partial charge on any atom is 0.418 e. The number of ether oxygens (including phenoxy) is 2. The van der Waals surface area contributed by atoms with E-state index in [0.29, 0.717) is 49.7 Å². The first-order valence-corrected chi connectivity index (χ1v) is 18.7. The lowest BCUT2D eigenvalue weighted by Gasteiger charge is -2.37. The number of alkyl halides is 3. The summed E-state index contributed by atoms with van der Waals surface area (Å²) in [7, 11) is 3.74. The fourth-order valence-corrected chi connectivity index (χ4v) is 6.92. The Balaban J connectivity index is 1.12. The number of carbonyl (C=O) groups is 3. The number of aromatic nitrogens is 4. The van der Waals surface area contributed by atoms with Crippen LogP contribution in [0.2, 0.25) is 5.02 Å². The number of amides is 2. The van der Waals surface area contributed by atoms with Crippen LogP contribution < -0.4 is 16.3 Å². The fraction of sp³-hybridized carbons (Fsp3) is 0.421.